The number of piperazine rings is 1. The van der Waals surface area contributed by atoms with E-state index in [1.54, 1.807) is 0 Å². The number of imide groups is 1. The highest BCUT2D eigenvalue weighted by Gasteiger charge is 2.47. The van der Waals surface area contributed by atoms with Crippen molar-refractivity contribution in [2.24, 2.45) is 11.8 Å². The summed E-state index contributed by atoms with van der Waals surface area (Å²) in [4.78, 5) is 43.1. The summed E-state index contributed by atoms with van der Waals surface area (Å²) in [6, 6.07) is 5.85. The van der Waals surface area contributed by atoms with E-state index < -0.39 is 0 Å². The number of carbonyl (C=O) groups is 3. The molecule has 154 valence electrons. The average molecular weight is 416 g/mol. The molecule has 0 unspecified atom stereocenters. The molecule has 0 N–H and O–H groups in total. The molecule has 0 bridgehead atoms. The first-order chi connectivity index (χ1) is 14.0. The minimum atomic E-state index is -0.230. The molecule has 4 rings (SSSR count). The quantitative estimate of drug-likeness (QED) is 0.560. The molecule has 3 aliphatic rings. The summed E-state index contributed by atoms with van der Waals surface area (Å²) in [5, 5.41) is 0.708. The number of hydrogen-bond acceptors (Lipinski definition) is 4. The number of halogens is 1. The Morgan fingerprint density at radius 1 is 1.03 bits per heavy atom. The molecule has 0 radical (unpaired) electrons. The second-order valence-corrected chi connectivity index (χ2v) is 8.47. The van der Waals surface area contributed by atoms with E-state index in [1.165, 1.54) is 4.90 Å². The van der Waals surface area contributed by atoms with Crippen molar-refractivity contribution in [3.63, 3.8) is 0 Å². The summed E-state index contributed by atoms with van der Waals surface area (Å²) in [5.74, 6) is -0.683. The zero-order valence-electron chi connectivity index (χ0n) is 16.6. The highest BCUT2D eigenvalue weighted by molar-refractivity contribution is 6.30. The first kappa shape index (κ1) is 20.0. The Hall–Kier alpha value is -2.34. The second-order valence-electron chi connectivity index (χ2n) is 8.03. The summed E-state index contributed by atoms with van der Waals surface area (Å²) < 4.78 is 0. The van der Waals surface area contributed by atoms with E-state index >= 15 is 0 Å². The van der Waals surface area contributed by atoms with Gasteiger partial charge in [-0.3, -0.25) is 19.3 Å². The molecule has 1 aliphatic carbocycles. The number of nitrogens with zero attached hydrogens (tertiary/aromatic N) is 3. The average Bonchev–Trinajstić information content (AvgIpc) is 2.98. The number of benzene rings is 1. The predicted molar refractivity (Wildman–Crippen MR) is 112 cm³/mol. The molecule has 1 aromatic rings. The fourth-order valence-corrected chi connectivity index (χ4v) is 4.74. The van der Waals surface area contributed by atoms with Crippen molar-refractivity contribution in [1.29, 1.82) is 0 Å². The summed E-state index contributed by atoms with van der Waals surface area (Å²) in [5.41, 5.74) is 2.27. The van der Waals surface area contributed by atoms with Crippen LogP contribution < -0.4 is 4.90 Å². The standard InChI is InChI=1S/C22H26ClN3O3/c1-15-6-7-16(23)14-19(15)24-10-12-25(13-11-24)20(27)8-9-26-21(28)17-4-2-3-5-18(17)22(26)29/h2-3,6-7,14,17-18H,4-5,8-13H2,1H3/t17-,18-/m0/s1. The van der Waals surface area contributed by atoms with Gasteiger partial charge in [0.2, 0.25) is 17.7 Å². The predicted octanol–water partition coefficient (Wildman–Crippen LogP) is 2.64. The van der Waals surface area contributed by atoms with E-state index in [0.717, 1.165) is 24.3 Å². The van der Waals surface area contributed by atoms with E-state index in [9.17, 15) is 14.4 Å². The van der Waals surface area contributed by atoms with Crippen LogP contribution in [0.4, 0.5) is 5.69 Å². The minimum Gasteiger partial charge on any atom is -0.368 e. The molecule has 3 amide bonds. The van der Waals surface area contributed by atoms with Gasteiger partial charge in [0.15, 0.2) is 0 Å². The summed E-state index contributed by atoms with van der Waals surface area (Å²) >= 11 is 6.13. The van der Waals surface area contributed by atoms with Crippen LogP contribution >= 0.6 is 11.6 Å². The highest BCUT2D eigenvalue weighted by atomic mass is 35.5. The molecule has 2 atom stereocenters. The normalized spacial score (nSPS) is 24.3. The van der Waals surface area contributed by atoms with Gasteiger partial charge in [-0.2, -0.15) is 0 Å². The number of carbonyl (C=O) groups excluding carboxylic acids is 3. The van der Waals surface area contributed by atoms with Gasteiger partial charge in [-0.05, 0) is 37.5 Å². The molecule has 0 aromatic heterocycles. The number of anilines is 1. The zero-order chi connectivity index (χ0) is 20.5. The summed E-state index contributed by atoms with van der Waals surface area (Å²) in [6.07, 6.45) is 5.40. The molecule has 2 heterocycles. The van der Waals surface area contributed by atoms with Gasteiger partial charge in [0.1, 0.15) is 0 Å². The van der Waals surface area contributed by atoms with Crippen molar-refractivity contribution in [3.05, 3.63) is 40.9 Å². The van der Waals surface area contributed by atoms with Gasteiger partial charge < -0.3 is 9.80 Å². The van der Waals surface area contributed by atoms with Crippen LogP contribution in [0.3, 0.4) is 0 Å². The number of allylic oxidation sites excluding steroid dienone is 2. The third-order valence-corrected chi connectivity index (χ3v) is 6.53. The van der Waals surface area contributed by atoms with Gasteiger partial charge in [-0.1, -0.05) is 29.8 Å². The Morgan fingerprint density at radius 3 is 2.28 bits per heavy atom. The Bertz CT molecular complexity index is 835. The summed E-state index contributed by atoms with van der Waals surface area (Å²) in [7, 11) is 0. The maximum absolute atomic E-state index is 12.7. The third-order valence-electron chi connectivity index (χ3n) is 6.29. The van der Waals surface area contributed by atoms with Crippen LogP contribution in [-0.2, 0) is 14.4 Å². The molecule has 1 aromatic carbocycles. The first-order valence-electron chi connectivity index (χ1n) is 10.2. The van der Waals surface area contributed by atoms with Gasteiger partial charge in [-0.25, -0.2) is 0 Å². The fourth-order valence-electron chi connectivity index (χ4n) is 4.57. The van der Waals surface area contributed by atoms with Gasteiger partial charge in [-0.15, -0.1) is 0 Å². The lowest BCUT2D eigenvalue weighted by molar-refractivity contribution is -0.140. The first-order valence-corrected chi connectivity index (χ1v) is 10.6. The van der Waals surface area contributed by atoms with Gasteiger partial charge >= 0.3 is 0 Å². The van der Waals surface area contributed by atoms with Crippen molar-refractivity contribution in [1.82, 2.24) is 9.80 Å². The molecule has 0 spiro atoms. The molecule has 2 aliphatic heterocycles. The SMILES string of the molecule is Cc1ccc(Cl)cc1N1CCN(C(=O)CCN2C(=O)[C@H]3CC=CC[C@@H]3C2=O)CC1. The molecule has 2 fully saturated rings. The molecular formula is C22H26ClN3O3. The molecule has 2 saturated heterocycles. The van der Waals surface area contributed by atoms with Gasteiger partial charge in [0.05, 0.1) is 11.8 Å². The Morgan fingerprint density at radius 2 is 1.66 bits per heavy atom. The molecule has 29 heavy (non-hydrogen) atoms. The maximum atomic E-state index is 12.7. The number of fused-ring (bicyclic) bond motifs is 1. The number of rotatable bonds is 4. The van der Waals surface area contributed by atoms with Crippen molar-refractivity contribution >= 4 is 35.0 Å². The van der Waals surface area contributed by atoms with E-state index in [0.29, 0.717) is 31.0 Å². The number of likely N-dealkylation sites (tertiary alicyclic amines) is 1. The number of aryl methyl sites for hydroxylation is 1. The van der Waals surface area contributed by atoms with E-state index in [2.05, 4.69) is 11.8 Å². The molecule has 7 heteroatoms. The zero-order valence-corrected chi connectivity index (χ0v) is 17.4. The monoisotopic (exact) mass is 415 g/mol. The maximum Gasteiger partial charge on any atom is 0.233 e. The molecule has 0 saturated carbocycles. The van der Waals surface area contributed by atoms with Gasteiger partial charge in [0.25, 0.3) is 0 Å². The van der Waals surface area contributed by atoms with Crippen molar-refractivity contribution < 1.29 is 14.4 Å². The fraction of sp³-hybridized carbons (Fsp3) is 0.500. The van der Waals surface area contributed by atoms with Crippen LogP contribution in [0.2, 0.25) is 5.02 Å². The molecular weight excluding hydrogens is 390 g/mol. The minimum absolute atomic E-state index is 0.000984. The van der Waals surface area contributed by atoms with Crippen molar-refractivity contribution in [3.8, 4) is 0 Å². The third kappa shape index (κ3) is 3.90. The second kappa shape index (κ2) is 8.19. The lowest BCUT2D eigenvalue weighted by atomic mass is 9.85. The Labute approximate surface area is 176 Å². The number of amides is 3. The van der Waals surface area contributed by atoms with E-state index in [1.807, 2.05) is 35.3 Å². The largest absolute Gasteiger partial charge is 0.368 e. The Balaban J connectivity index is 1.30. The Kier molecular flexibility index (Phi) is 5.63. The van der Waals surface area contributed by atoms with Crippen LogP contribution in [0.1, 0.15) is 24.8 Å². The van der Waals surface area contributed by atoms with E-state index in [-0.39, 0.29) is 42.5 Å². The van der Waals surface area contributed by atoms with Gasteiger partial charge in [0, 0.05) is 49.9 Å². The number of hydrogen-bond donors (Lipinski definition) is 0. The van der Waals surface area contributed by atoms with Crippen LogP contribution in [-0.4, -0.2) is 60.2 Å². The highest BCUT2D eigenvalue weighted by Crippen LogP contribution is 2.35. The van der Waals surface area contributed by atoms with Crippen LogP contribution in [0, 0.1) is 18.8 Å². The smallest absolute Gasteiger partial charge is 0.233 e. The van der Waals surface area contributed by atoms with E-state index in [4.69, 9.17) is 11.6 Å². The van der Waals surface area contributed by atoms with Crippen LogP contribution in [0.15, 0.2) is 30.4 Å². The lowest BCUT2D eigenvalue weighted by Crippen LogP contribution is -2.49. The summed E-state index contributed by atoms with van der Waals surface area (Å²) in [6.45, 7) is 4.98. The van der Waals surface area contributed by atoms with Crippen LogP contribution in [0.25, 0.3) is 0 Å². The topological polar surface area (TPSA) is 60.9 Å². The van der Waals surface area contributed by atoms with Crippen LogP contribution in [0.5, 0.6) is 0 Å². The lowest BCUT2D eigenvalue weighted by Gasteiger charge is -2.37. The molecule has 6 nitrogen and oxygen atoms in total. The van der Waals surface area contributed by atoms with Crippen molar-refractivity contribution in [2.75, 3.05) is 37.6 Å². The van der Waals surface area contributed by atoms with Crippen molar-refractivity contribution in [2.45, 2.75) is 26.2 Å².